The zero-order valence-electron chi connectivity index (χ0n) is 11.7. The van der Waals surface area contributed by atoms with E-state index >= 15 is 0 Å². The minimum absolute atomic E-state index is 0.107. The summed E-state index contributed by atoms with van der Waals surface area (Å²) in [7, 11) is 0. The molecule has 2 aromatic carbocycles. The molecular weight excluding hydrogens is 294 g/mol. The zero-order chi connectivity index (χ0) is 14.8. The molecular formula is C18H17NS2. The van der Waals surface area contributed by atoms with Crippen molar-refractivity contribution < 1.29 is 0 Å². The van der Waals surface area contributed by atoms with E-state index in [9.17, 15) is 0 Å². The third-order valence-electron chi connectivity index (χ3n) is 3.04. The van der Waals surface area contributed by atoms with Crippen LogP contribution in [0.2, 0.25) is 0 Å². The highest BCUT2D eigenvalue weighted by molar-refractivity contribution is 8.02. The monoisotopic (exact) mass is 311 g/mol. The molecule has 3 heteroatoms. The van der Waals surface area contributed by atoms with Crippen LogP contribution in [0.25, 0.3) is 0 Å². The van der Waals surface area contributed by atoms with Gasteiger partial charge in [0, 0.05) is 4.90 Å². The lowest BCUT2D eigenvalue weighted by atomic mass is 10.0. The third-order valence-corrected chi connectivity index (χ3v) is 4.02. The van der Waals surface area contributed by atoms with E-state index in [1.54, 1.807) is 11.8 Å². The smallest absolute Gasteiger partial charge is 0.0855 e. The molecule has 1 nitrogen and oxygen atoms in total. The van der Waals surface area contributed by atoms with E-state index in [0.29, 0.717) is 0 Å². The van der Waals surface area contributed by atoms with Gasteiger partial charge in [-0.15, -0.1) is 0 Å². The van der Waals surface area contributed by atoms with Crippen LogP contribution in [-0.2, 0) is 0 Å². The summed E-state index contributed by atoms with van der Waals surface area (Å²) in [6.45, 7) is 0. The summed E-state index contributed by atoms with van der Waals surface area (Å²) in [5, 5.41) is 4.65. The summed E-state index contributed by atoms with van der Waals surface area (Å²) in [5.41, 5.74) is 1.19. The van der Waals surface area contributed by atoms with Crippen LogP contribution in [-0.4, -0.2) is 5.16 Å². The molecule has 0 aliphatic carbocycles. The topological polar surface area (TPSA) is 12.4 Å². The molecule has 0 heterocycles. The molecule has 1 atom stereocenters. The summed E-state index contributed by atoms with van der Waals surface area (Å²) in [6.07, 6.45) is 4.10. The van der Waals surface area contributed by atoms with Gasteiger partial charge in [0.2, 0.25) is 0 Å². The molecule has 0 spiro atoms. The fraction of sp³-hybridized carbons (Fsp3) is 0.167. The van der Waals surface area contributed by atoms with Crippen LogP contribution >= 0.6 is 24.0 Å². The molecule has 2 aromatic rings. The number of nitrogens with zero attached hydrogens (tertiary/aromatic N) is 1. The molecule has 0 N–H and O–H groups in total. The largest absolute Gasteiger partial charge is 0.224 e. The highest BCUT2D eigenvalue weighted by atomic mass is 32.2. The van der Waals surface area contributed by atoms with E-state index in [2.05, 4.69) is 58.0 Å². The first-order valence-electron chi connectivity index (χ1n) is 6.89. The maximum Gasteiger partial charge on any atom is 0.0855 e. The number of thioether (sulfide) groups is 1. The Morgan fingerprint density at radius 1 is 1.05 bits per heavy atom. The summed E-state index contributed by atoms with van der Waals surface area (Å²) < 4.78 is 0. The quantitative estimate of drug-likeness (QED) is 0.357. The van der Waals surface area contributed by atoms with Crippen LogP contribution in [0.15, 0.2) is 82.0 Å². The van der Waals surface area contributed by atoms with Gasteiger partial charge in [0.15, 0.2) is 0 Å². The van der Waals surface area contributed by atoms with Crippen molar-refractivity contribution in [3.8, 4) is 0 Å². The predicted octanol–water partition coefficient (Wildman–Crippen LogP) is 5.92. The molecule has 106 valence electrons. The van der Waals surface area contributed by atoms with E-state index in [-0.39, 0.29) is 6.04 Å². The van der Waals surface area contributed by atoms with Crippen LogP contribution in [0.5, 0.6) is 0 Å². The summed E-state index contributed by atoms with van der Waals surface area (Å²) in [5.74, 6) is 0. The van der Waals surface area contributed by atoms with E-state index < -0.39 is 0 Å². The Bertz CT molecular complexity index is 602. The third kappa shape index (κ3) is 5.68. The summed E-state index contributed by atoms with van der Waals surface area (Å²) in [4.78, 5) is 5.53. The number of hydrogen-bond donors (Lipinski definition) is 0. The maximum absolute atomic E-state index is 4.76. The minimum Gasteiger partial charge on any atom is -0.224 e. The Hall–Kier alpha value is -1.67. The van der Waals surface area contributed by atoms with Crippen LogP contribution < -0.4 is 0 Å². The molecule has 0 radical (unpaired) electrons. The normalized spacial score (nSPS) is 12.0. The lowest BCUT2D eigenvalue weighted by Gasteiger charge is -2.09. The number of hydrogen-bond acceptors (Lipinski definition) is 3. The van der Waals surface area contributed by atoms with Crippen molar-refractivity contribution in [3.05, 3.63) is 77.7 Å². The molecule has 0 bridgehead atoms. The first-order valence-corrected chi connectivity index (χ1v) is 8.17. The van der Waals surface area contributed by atoms with Gasteiger partial charge in [-0.25, -0.2) is 4.99 Å². The first kappa shape index (κ1) is 15.7. The fourth-order valence-electron chi connectivity index (χ4n) is 1.99. The van der Waals surface area contributed by atoms with E-state index in [0.717, 1.165) is 12.8 Å². The predicted molar refractivity (Wildman–Crippen MR) is 94.9 cm³/mol. The average Bonchev–Trinajstić information content (AvgIpc) is 2.55. The maximum atomic E-state index is 4.76. The van der Waals surface area contributed by atoms with Gasteiger partial charge in [-0.3, -0.25) is 0 Å². The summed E-state index contributed by atoms with van der Waals surface area (Å²) >= 11 is 6.49. The van der Waals surface area contributed by atoms with Crippen molar-refractivity contribution in [2.75, 3.05) is 0 Å². The van der Waals surface area contributed by atoms with Crippen molar-refractivity contribution in [1.29, 1.82) is 0 Å². The number of benzene rings is 2. The Morgan fingerprint density at radius 2 is 1.71 bits per heavy atom. The second-order valence-electron chi connectivity index (χ2n) is 4.53. The van der Waals surface area contributed by atoms with Crippen molar-refractivity contribution >= 4 is 29.1 Å². The Morgan fingerprint density at radius 3 is 2.38 bits per heavy atom. The van der Waals surface area contributed by atoms with E-state index in [4.69, 9.17) is 12.2 Å². The Kier molecular flexibility index (Phi) is 6.96. The van der Waals surface area contributed by atoms with Crippen LogP contribution in [0.4, 0.5) is 0 Å². The minimum atomic E-state index is 0.107. The van der Waals surface area contributed by atoms with Crippen molar-refractivity contribution in [2.45, 2.75) is 23.8 Å². The van der Waals surface area contributed by atoms with E-state index in [1.165, 1.54) is 10.5 Å². The van der Waals surface area contributed by atoms with Crippen LogP contribution in [0, 0.1) is 0 Å². The SMILES string of the molecule is S=C=NC(CC/C=C/Sc1ccccc1)c1ccccc1. The lowest BCUT2D eigenvalue weighted by molar-refractivity contribution is 0.668. The zero-order valence-corrected chi connectivity index (χ0v) is 13.3. The van der Waals surface area contributed by atoms with Gasteiger partial charge in [-0.1, -0.05) is 66.4 Å². The molecule has 0 amide bonds. The van der Waals surface area contributed by atoms with Crippen molar-refractivity contribution in [2.24, 2.45) is 4.99 Å². The number of thiocarbonyl (C=S) groups is 1. The highest BCUT2D eigenvalue weighted by Crippen LogP contribution is 2.23. The van der Waals surface area contributed by atoms with Gasteiger partial charge < -0.3 is 0 Å². The molecule has 0 aliphatic heterocycles. The molecule has 0 saturated carbocycles. The van der Waals surface area contributed by atoms with Gasteiger partial charge in [-0.05, 0) is 48.2 Å². The first-order chi connectivity index (χ1) is 10.4. The average molecular weight is 311 g/mol. The van der Waals surface area contributed by atoms with Crippen molar-refractivity contribution in [1.82, 2.24) is 0 Å². The van der Waals surface area contributed by atoms with Gasteiger partial charge in [0.25, 0.3) is 0 Å². The van der Waals surface area contributed by atoms with Gasteiger partial charge in [-0.2, -0.15) is 0 Å². The Balaban J connectivity index is 1.84. The van der Waals surface area contributed by atoms with Gasteiger partial charge in [0.1, 0.15) is 0 Å². The standard InChI is InChI=1S/C18H17NS2/c20-15-19-18(16-9-3-1-4-10-16)13-7-8-14-21-17-11-5-2-6-12-17/h1-6,8-12,14,18H,7,13H2/b14-8+. The molecule has 0 aliphatic rings. The summed E-state index contributed by atoms with van der Waals surface area (Å²) in [6, 6.07) is 20.7. The Labute approximate surface area is 135 Å². The number of allylic oxidation sites excluding steroid dienone is 1. The molecule has 0 aromatic heterocycles. The van der Waals surface area contributed by atoms with Gasteiger partial charge >= 0.3 is 0 Å². The molecule has 2 rings (SSSR count). The fourth-order valence-corrected chi connectivity index (χ4v) is 2.82. The van der Waals surface area contributed by atoms with Crippen molar-refractivity contribution in [3.63, 3.8) is 0 Å². The second kappa shape index (κ2) is 9.30. The van der Waals surface area contributed by atoms with Crippen LogP contribution in [0.1, 0.15) is 24.4 Å². The molecule has 0 fully saturated rings. The number of isothiocyanates is 1. The molecule has 0 saturated heterocycles. The van der Waals surface area contributed by atoms with Crippen LogP contribution in [0.3, 0.4) is 0 Å². The highest BCUT2D eigenvalue weighted by Gasteiger charge is 2.07. The molecule has 21 heavy (non-hydrogen) atoms. The van der Waals surface area contributed by atoms with E-state index in [1.807, 2.05) is 24.3 Å². The number of aliphatic imine (C=N–C) groups is 1. The second-order valence-corrected chi connectivity index (χ2v) is 5.69. The lowest BCUT2D eigenvalue weighted by Crippen LogP contribution is -1.94. The number of rotatable bonds is 7. The van der Waals surface area contributed by atoms with Gasteiger partial charge in [0.05, 0.1) is 11.2 Å². The molecule has 1 unspecified atom stereocenters.